The molecule has 1 heterocycles. The fraction of sp³-hybridized carbons (Fsp3) is 0.440. The second kappa shape index (κ2) is 14.5. The lowest BCUT2D eigenvalue weighted by Gasteiger charge is -2.26. The number of H-pyrrole nitrogens is 1. The first-order chi connectivity index (χ1) is 18.4. The first-order valence-electron chi connectivity index (χ1n) is 12.3. The minimum absolute atomic E-state index is 0.0301. The van der Waals surface area contributed by atoms with E-state index in [1.165, 1.54) is 24.7 Å². The number of aromatic amines is 1. The van der Waals surface area contributed by atoms with Crippen LogP contribution in [0.1, 0.15) is 37.9 Å². The van der Waals surface area contributed by atoms with Gasteiger partial charge in [0.05, 0.1) is 18.8 Å². The molecule has 0 saturated heterocycles. The molecule has 1 aromatic carbocycles. The summed E-state index contributed by atoms with van der Waals surface area (Å²) < 4.78 is 0. The van der Waals surface area contributed by atoms with E-state index in [-0.39, 0.29) is 18.6 Å². The maximum atomic E-state index is 13.1. The van der Waals surface area contributed by atoms with Crippen molar-refractivity contribution in [2.24, 2.45) is 11.7 Å². The monoisotopic (exact) mass is 546 g/mol. The second-order valence-corrected chi connectivity index (χ2v) is 9.19. The van der Waals surface area contributed by atoms with Crippen molar-refractivity contribution in [2.75, 3.05) is 0 Å². The molecule has 14 heteroatoms. The molecule has 1 aromatic heterocycles. The van der Waals surface area contributed by atoms with Crippen LogP contribution in [0.5, 0.6) is 5.75 Å². The van der Waals surface area contributed by atoms with E-state index in [9.17, 15) is 39.3 Å². The molecule has 212 valence electrons. The quantitative estimate of drug-likeness (QED) is 0.140. The van der Waals surface area contributed by atoms with Crippen molar-refractivity contribution in [1.82, 2.24) is 25.9 Å². The molecule has 14 nitrogen and oxygen atoms in total. The number of hydrogen-bond acceptors (Lipinski definition) is 8. The Bertz CT molecular complexity index is 1140. The first-order valence-corrected chi connectivity index (χ1v) is 12.3. The number of imidazole rings is 1. The number of rotatable bonds is 15. The molecule has 3 amide bonds. The van der Waals surface area contributed by atoms with Gasteiger partial charge >= 0.3 is 11.9 Å². The zero-order valence-electron chi connectivity index (χ0n) is 21.6. The highest BCUT2D eigenvalue weighted by Crippen LogP contribution is 2.12. The number of phenolic OH excluding ortho intramolecular Hbond substituents is 1. The fourth-order valence-electron chi connectivity index (χ4n) is 3.68. The van der Waals surface area contributed by atoms with Crippen LogP contribution in [-0.2, 0) is 36.8 Å². The van der Waals surface area contributed by atoms with Crippen molar-refractivity contribution in [1.29, 1.82) is 0 Å². The molecule has 39 heavy (non-hydrogen) atoms. The lowest BCUT2D eigenvalue weighted by molar-refractivity contribution is -0.144. The molecule has 0 saturated carbocycles. The van der Waals surface area contributed by atoms with Crippen LogP contribution in [-0.4, -0.2) is 79.1 Å². The van der Waals surface area contributed by atoms with Gasteiger partial charge in [0.15, 0.2) is 0 Å². The van der Waals surface area contributed by atoms with Crippen LogP contribution in [0.25, 0.3) is 0 Å². The van der Waals surface area contributed by atoms with Gasteiger partial charge in [-0.15, -0.1) is 0 Å². The number of benzene rings is 1. The number of carbonyl (C=O) groups excluding carboxylic acids is 3. The lowest BCUT2D eigenvalue weighted by atomic mass is 9.98. The van der Waals surface area contributed by atoms with Crippen LogP contribution in [0.15, 0.2) is 36.8 Å². The highest BCUT2D eigenvalue weighted by Gasteiger charge is 2.33. The van der Waals surface area contributed by atoms with Crippen LogP contribution in [0.2, 0.25) is 0 Å². The highest BCUT2D eigenvalue weighted by molar-refractivity contribution is 5.95. The van der Waals surface area contributed by atoms with Gasteiger partial charge in [-0.05, 0) is 30.0 Å². The molecule has 2 aromatic rings. The molecule has 0 aliphatic rings. The van der Waals surface area contributed by atoms with Crippen molar-refractivity contribution < 1.29 is 39.3 Å². The summed E-state index contributed by atoms with van der Waals surface area (Å²) in [5.74, 6) is -5.61. The lowest BCUT2D eigenvalue weighted by Crippen LogP contribution is -2.58. The van der Waals surface area contributed by atoms with Gasteiger partial charge in [0.2, 0.25) is 17.7 Å². The van der Waals surface area contributed by atoms with Gasteiger partial charge in [0.25, 0.3) is 0 Å². The Labute approximate surface area is 224 Å². The molecule has 0 bridgehead atoms. The minimum atomic E-state index is -1.58. The Morgan fingerprint density at radius 1 is 0.949 bits per heavy atom. The summed E-state index contributed by atoms with van der Waals surface area (Å²) in [6.07, 6.45) is 2.37. The smallest absolute Gasteiger partial charge is 0.326 e. The number of hydrogen-bond donors (Lipinski definition) is 8. The first kappa shape index (κ1) is 30.8. The maximum Gasteiger partial charge on any atom is 0.326 e. The van der Waals surface area contributed by atoms with E-state index in [1.807, 2.05) is 0 Å². The van der Waals surface area contributed by atoms with Crippen LogP contribution in [0.4, 0.5) is 0 Å². The van der Waals surface area contributed by atoms with Gasteiger partial charge in [0, 0.05) is 18.3 Å². The largest absolute Gasteiger partial charge is 0.508 e. The molecule has 0 aliphatic heterocycles. The van der Waals surface area contributed by atoms with Gasteiger partial charge in [-0.1, -0.05) is 32.4 Å². The summed E-state index contributed by atoms with van der Waals surface area (Å²) in [5, 5.41) is 35.4. The Balaban J connectivity index is 2.18. The van der Waals surface area contributed by atoms with Gasteiger partial charge in [-0.3, -0.25) is 19.2 Å². The maximum absolute atomic E-state index is 13.1. The van der Waals surface area contributed by atoms with E-state index in [4.69, 9.17) is 5.73 Å². The average Bonchev–Trinajstić information content (AvgIpc) is 3.39. The van der Waals surface area contributed by atoms with Crippen LogP contribution < -0.4 is 21.7 Å². The van der Waals surface area contributed by atoms with E-state index < -0.39 is 66.2 Å². The number of nitrogens with zero attached hydrogens (tertiary/aromatic N) is 1. The zero-order chi connectivity index (χ0) is 29.1. The fourth-order valence-corrected chi connectivity index (χ4v) is 3.68. The number of amides is 3. The third-order valence-corrected chi connectivity index (χ3v) is 6.13. The zero-order valence-corrected chi connectivity index (χ0v) is 21.6. The average molecular weight is 547 g/mol. The Hall–Kier alpha value is -4.46. The molecule has 0 radical (unpaired) electrons. The number of nitrogens with two attached hydrogens (primary N) is 1. The van der Waals surface area contributed by atoms with Crippen LogP contribution >= 0.6 is 0 Å². The number of aliphatic carboxylic acids is 2. The molecule has 5 unspecified atom stereocenters. The molecule has 2 rings (SSSR count). The van der Waals surface area contributed by atoms with E-state index in [2.05, 4.69) is 25.9 Å². The van der Waals surface area contributed by atoms with E-state index in [0.29, 0.717) is 17.7 Å². The summed E-state index contributed by atoms with van der Waals surface area (Å²) >= 11 is 0. The predicted octanol–water partition coefficient (Wildman–Crippen LogP) is -0.712. The molecule has 0 spiro atoms. The van der Waals surface area contributed by atoms with Gasteiger partial charge in [-0.2, -0.15) is 0 Å². The Morgan fingerprint density at radius 3 is 2.10 bits per heavy atom. The number of aromatic hydroxyl groups is 1. The summed E-state index contributed by atoms with van der Waals surface area (Å²) in [6.45, 7) is 3.42. The SMILES string of the molecule is CCC(C)C(NC(=O)C(Cc1cnc[nH]1)NC(=O)C(CC(=O)O)NC(=O)C(N)Cc1ccc(O)cc1)C(=O)O. The number of aromatic nitrogens is 2. The van der Waals surface area contributed by atoms with Crippen LogP contribution in [0, 0.1) is 5.92 Å². The van der Waals surface area contributed by atoms with Gasteiger partial charge in [0.1, 0.15) is 23.9 Å². The normalized spacial score (nSPS) is 14.7. The van der Waals surface area contributed by atoms with Crippen molar-refractivity contribution in [3.05, 3.63) is 48.0 Å². The summed E-state index contributed by atoms with van der Waals surface area (Å²) in [7, 11) is 0. The van der Waals surface area contributed by atoms with E-state index >= 15 is 0 Å². The third kappa shape index (κ3) is 9.74. The minimum Gasteiger partial charge on any atom is -0.508 e. The van der Waals surface area contributed by atoms with Crippen molar-refractivity contribution in [3.8, 4) is 5.75 Å². The summed E-state index contributed by atoms with van der Waals surface area (Å²) in [5.41, 5.74) is 7.02. The second-order valence-electron chi connectivity index (χ2n) is 9.19. The molecule has 9 N–H and O–H groups in total. The van der Waals surface area contributed by atoms with E-state index in [0.717, 1.165) is 0 Å². The number of carbonyl (C=O) groups is 5. The van der Waals surface area contributed by atoms with Crippen LogP contribution in [0.3, 0.4) is 0 Å². The number of carboxylic acid groups (broad SMARTS) is 2. The number of nitrogens with one attached hydrogen (secondary N) is 4. The topological polar surface area (TPSA) is 237 Å². The van der Waals surface area contributed by atoms with Crippen molar-refractivity contribution in [3.63, 3.8) is 0 Å². The molecule has 0 aliphatic carbocycles. The molecular weight excluding hydrogens is 512 g/mol. The van der Waals surface area contributed by atoms with Crippen molar-refractivity contribution in [2.45, 2.75) is 63.7 Å². The molecular formula is C25H34N6O8. The number of carboxylic acids is 2. The van der Waals surface area contributed by atoms with Crippen molar-refractivity contribution >= 4 is 29.7 Å². The van der Waals surface area contributed by atoms with E-state index in [1.54, 1.807) is 26.0 Å². The van der Waals surface area contributed by atoms with Gasteiger partial charge < -0.3 is 42.0 Å². The standard InChI is InChI=1S/C25H34N6O8/c1-3-13(2)21(25(38)39)31-24(37)18(9-15-11-27-12-28-15)30-23(36)19(10-20(33)34)29-22(35)17(26)8-14-4-6-16(32)7-5-14/h4-7,11-13,17-19,21,32H,3,8-10,26H2,1-2H3,(H,27,28)(H,29,35)(H,30,36)(H,31,37)(H,33,34)(H,38,39). The Kier molecular flexibility index (Phi) is 11.4. The van der Waals surface area contributed by atoms with Gasteiger partial charge in [-0.25, -0.2) is 9.78 Å². The predicted molar refractivity (Wildman–Crippen MR) is 137 cm³/mol. The molecule has 0 fully saturated rings. The number of phenols is 1. The summed E-state index contributed by atoms with van der Waals surface area (Å²) in [6, 6.07) is 0.693. The summed E-state index contributed by atoms with van der Waals surface area (Å²) in [4.78, 5) is 68.7. The Morgan fingerprint density at radius 2 is 1.56 bits per heavy atom. The third-order valence-electron chi connectivity index (χ3n) is 6.13. The molecule has 5 atom stereocenters. The highest BCUT2D eigenvalue weighted by atomic mass is 16.4.